The first-order valence-corrected chi connectivity index (χ1v) is 7.70. The predicted molar refractivity (Wildman–Crippen MR) is 84.1 cm³/mol. The fourth-order valence-electron chi connectivity index (χ4n) is 4.17. The van der Waals surface area contributed by atoms with E-state index in [1.54, 1.807) is 0 Å². The third-order valence-corrected chi connectivity index (χ3v) is 5.24. The number of ketones is 1. The quantitative estimate of drug-likeness (QED) is 0.804. The molecule has 108 valence electrons. The van der Waals surface area contributed by atoms with Gasteiger partial charge in [0.15, 0.2) is 0 Å². The minimum absolute atomic E-state index is 0.0577. The summed E-state index contributed by atoms with van der Waals surface area (Å²) in [5, 5.41) is 3.49. The molecule has 0 amide bonds. The van der Waals surface area contributed by atoms with Gasteiger partial charge in [0.1, 0.15) is 5.78 Å². The van der Waals surface area contributed by atoms with E-state index in [1.165, 1.54) is 11.3 Å². The number of aliphatic imine (C=N–C) groups is 1. The van der Waals surface area contributed by atoms with Gasteiger partial charge < -0.3 is 5.32 Å². The smallest absolute Gasteiger partial charge is 0.142 e. The number of allylic oxidation sites excluding steroid dienone is 1. The van der Waals surface area contributed by atoms with Crippen molar-refractivity contribution in [1.82, 2.24) is 5.32 Å². The molecule has 2 heterocycles. The van der Waals surface area contributed by atoms with Crippen LogP contribution >= 0.6 is 0 Å². The van der Waals surface area contributed by atoms with Crippen molar-refractivity contribution >= 4 is 17.2 Å². The molecule has 3 aliphatic rings. The molecule has 3 heteroatoms. The number of Topliss-reactive ketones (excluding diaryl/α,β-unsaturated/α-hetero) is 1. The Kier molecular flexibility index (Phi) is 2.70. The molecule has 0 bridgehead atoms. The third kappa shape index (κ3) is 1.77. The lowest BCUT2D eigenvalue weighted by Crippen LogP contribution is -2.40. The second-order valence-corrected chi connectivity index (χ2v) is 6.80. The SMILES string of the molecule is CC1(C)C(C2CNC3C=CCC(=O)C32)=Nc2ccccc21. The lowest BCUT2D eigenvalue weighted by molar-refractivity contribution is -0.122. The Morgan fingerprint density at radius 3 is 2.90 bits per heavy atom. The number of hydrogen-bond acceptors (Lipinski definition) is 3. The fourth-order valence-corrected chi connectivity index (χ4v) is 4.17. The van der Waals surface area contributed by atoms with Crippen LogP contribution in [0.4, 0.5) is 5.69 Å². The van der Waals surface area contributed by atoms with Crippen LogP contribution in [0.2, 0.25) is 0 Å². The number of hydrogen-bond donors (Lipinski definition) is 1. The molecule has 0 radical (unpaired) electrons. The number of para-hydroxylation sites is 1. The maximum atomic E-state index is 12.4. The molecular formula is C18H20N2O. The van der Waals surface area contributed by atoms with Gasteiger partial charge in [-0.3, -0.25) is 9.79 Å². The summed E-state index contributed by atoms with van der Waals surface area (Å²) in [4.78, 5) is 17.3. The molecule has 3 atom stereocenters. The number of nitrogens with one attached hydrogen (secondary N) is 1. The first-order chi connectivity index (χ1) is 10.1. The lowest BCUT2D eigenvalue weighted by atomic mass is 9.71. The first kappa shape index (κ1) is 13.0. The van der Waals surface area contributed by atoms with E-state index in [0.717, 1.165) is 12.2 Å². The summed E-state index contributed by atoms with van der Waals surface area (Å²) in [6, 6.07) is 8.54. The second kappa shape index (κ2) is 4.38. The van der Waals surface area contributed by atoms with Crippen LogP contribution in [0.1, 0.15) is 25.8 Å². The van der Waals surface area contributed by atoms with E-state index in [-0.39, 0.29) is 23.3 Å². The summed E-state index contributed by atoms with van der Waals surface area (Å²) >= 11 is 0. The van der Waals surface area contributed by atoms with Crippen molar-refractivity contribution in [2.24, 2.45) is 16.8 Å². The Balaban J connectivity index is 1.75. The molecule has 1 saturated heterocycles. The van der Waals surface area contributed by atoms with Crippen LogP contribution in [-0.4, -0.2) is 24.1 Å². The number of fused-ring (bicyclic) bond motifs is 2. The summed E-state index contributed by atoms with van der Waals surface area (Å²) in [7, 11) is 0. The fraction of sp³-hybridized carbons (Fsp3) is 0.444. The highest BCUT2D eigenvalue weighted by molar-refractivity contribution is 6.05. The Bertz CT molecular complexity index is 672. The summed E-state index contributed by atoms with van der Waals surface area (Å²) in [5.41, 5.74) is 3.44. The zero-order chi connectivity index (χ0) is 14.6. The molecule has 0 spiro atoms. The van der Waals surface area contributed by atoms with E-state index >= 15 is 0 Å². The average molecular weight is 280 g/mol. The van der Waals surface area contributed by atoms with E-state index in [4.69, 9.17) is 4.99 Å². The molecule has 1 aromatic rings. The summed E-state index contributed by atoms with van der Waals surface area (Å²) < 4.78 is 0. The maximum absolute atomic E-state index is 12.4. The monoisotopic (exact) mass is 280 g/mol. The molecule has 1 aromatic carbocycles. The normalized spacial score (nSPS) is 32.8. The van der Waals surface area contributed by atoms with E-state index in [2.05, 4.69) is 43.4 Å². The predicted octanol–water partition coefficient (Wildman–Crippen LogP) is 2.78. The molecule has 1 fully saturated rings. The van der Waals surface area contributed by atoms with Gasteiger partial charge in [0, 0.05) is 42.0 Å². The molecule has 21 heavy (non-hydrogen) atoms. The van der Waals surface area contributed by atoms with Crippen LogP contribution in [-0.2, 0) is 10.2 Å². The highest BCUT2D eigenvalue weighted by atomic mass is 16.1. The molecule has 1 aliphatic carbocycles. The first-order valence-electron chi connectivity index (χ1n) is 7.70. The third-order valence-electron chi connectivity index (χ3n) is 5.24. The molecule has 0 saturated carbocycles. The van der Waals surface area contributed by atoms with Crippen LogP contribution in [0, 0.1) is 11.8 Å². The Morgan fingerprint density at radius 2 is 2.10 bits per heavy atom. The van der Waals surface area contributed by atoms with Gasteiger partial charge in [-0.1, -0.05) is 44.2 Å². The van der Waals surface area contributed by atoms with E-state index in [0.29, 0.717) is 12.2 Å². The van der Waals surface area contributed by atoms with Crippen LogP contribution < -0.4 is 5.32 Å². The van der Waals surface area contributed by atoms with Crippen LogP contribution in [0.15, 0.2) is 41.4 Å². The number of rotatable bonds is 1. The summed E-state index contributed by atoms with van der Waals surface area (Å²) in [6.45, 7) is 5.31. The minimum Gasteiger partial charge on any atom is -0.309 e. The molecule has 4 rings (SSSR count). The van der Waals surface area contributed by atoms with E-state index in [9.17, 15) is 4.79 Å². The number of nitrogens with zero attached hydrogens (tertiary/aromatic N) is 1. The zero-order valence-corrected chi connectivity index (χ0v) is 12.5. The Morgan fingerprint density at radius 1 is 1.29 bits per heavy atom. The maximum Gasteiger partial charge on any atom is 0.142 e. The molecule has 3 nitrogen and oxygen atoms in total. The Hall–Kier alpha value is -1.74. The topological polar surface area (TPSA) is 41.5 Å². The highest BCUT2D eigenvalue weighted by Crippen LogP contribution is 2.45. The van der Waals surface area contributed by atoms with Gasteiger partial charge in [0.25, 0.3) is 0 Å². The van der Waals surface area contributed by atoms with Gasteiger partial charge in [-0.05, 0) is 11.6 Å². The molecule has 3 unspecified atom stereocenters. The van der Waals surface area contributed by atoms with Crippen molar-refractivity contribution in [3.05, 3.63) is 42.0 Å². The summed E-state index contributed by atoms with van der Waals surface area (Å²) in [6.07, 6.45) is 4.72. The number of carbonyl (C=O) groups excluding carboxylic acids is 1. The van der Waals surface area contributed by atoms with Gasteiger partial charge in [0.2, 0.25) is 0 Å². The Labute approximate surface area is 125 Å². The van der Waals surface area contributed by atoms with Crippen LogP contribution in [0.5, 0.6) is 0 Å². The van der Waals surface area contributed by atoms with E-state index < -0.39 is 0 Å². The second-order valence-electron chi connectivity index (χ2n) is 6.80. The minimum atomic E-state index is -0.0841. The standard InChI is InChI=1S/C18H20N2O/c1-18(2)12-6-3-4-7-13(12)20-17(18)11-10-19-14-8-5-9-15(21)16(11)14/h3-8,11,14,16,19H,9-10H2,1-2H3. The number of carbonyl (C=O) groups is 1. The molecule has 0 aromatic heterocycles. The molecule has 1 N–H and O–H groups in total. The van der Waals surface area contributed by atoms with E-state index in [1.807, 2.05) is 12.1 Å². The van der Waals surface area contributed by atoms with Crippen molar-refractivity contribution < 1.29 is 4.79 Å². The largest absolute Gasteiger partial charge is 0.309 e. The van der Waals surface area contributed by atoms with Crippen LogP contribution in [0.3, 0.4) is 0 Å². The van der Waals surface area contributed by atoms with Crippen molar-refractivity contribution in [1.29, 1.82) is 0 Å². The van der Waals surface area contributed by atoms with Crippen molar-refractivity contribution in [3.63, 3.8) is 0 Å². The summed E-state index contributed by atoms with van der Waals surface area (Å²) in [5.74, 6) is 0.629. The number of benzene rings is 1. The molecule has 2 aliphatic heterocycles. The van der Waals surface area contributed by atoms with Gasteiger partial charge in [-0.15, -0.1) is 0 Å². The van der Waals surface area contributed by atoms with Gasteiger partial charge >= 0.3 is 0 Å². The van der Waals surface area contributed by atoms with Crippen LogP contribution in [0.25, 0.3) is 0 Å². The highest BCUT2D eigenvalue weighted by Gasteiger charge is 2.48. The van der Waals surface area contributed by atoms with Crippen molar-refractivity contribution in [3.8, 4) is 0 Å². The van der Waals surface area contributed by atoms with Crippen molar-refractivity contribution in [2.45, 2.75) is 31.7 Å². The lowest BCUT2D eigenvalue weighted by Gasteiger charge is -2.30. The van der Waals surface area contributed by atoms with Gasteiger partial charge in [0.05, 0.1) is 5.69 Å². The van der Waals surface area contributed by atoms with Gasteiger partial charge in [-0.2, -0.15) is 0 Å². The zero-order valence-electron chi connectivity index (χ0n) is 12.5. The van der Waals surface area contributed by atoms with Crippen molar-refractivity contribution in [2.75, 3.05) is 6.54 Å². The van der Waals surface area contributed by atoms with Gasteiger partial charge in [-0.25, -0.2) is 0 Å². The average Bonchev–Trinajstić information content (AvgIpc) is 3.00. The molecular weight excluding hydrogens is 260 g/mol.